The Bertz CT molecular complexity index is 810. The Hall–Kier alpha value is -2.35. The topological polar surface area (TPSA) is 98.3 Å². The first-order valence-electron chi connectivity index (χ1n) is 5.31. The van der Waals surface area contributed by atoms with Gasteiger partial charge in [-0.3, -0.25) is 0 Å². The van der Waals surface area contributed by atoms with Crippen molar-refractivity contribution in [3.05, 3.63) is 45.3 Å². The zero-order valence-corrected chi connectivity index (χ0v) is 11.1. The van der Waals surface area contributed by atoms with Crippen LogP contribution in [-0.4, -0.2) is 19.8 Å². The van der Waals surface area contributed by atoms with Gasteiger partial charge in [-0.2, -0.15) is 9.61 Å². The van der Waals surface area contributed by atoms with Crippen LogP contribution in [0.5, 0.6) is 11.6 Å². The van der Waals surface area contributed by atoms with Crippen LogP contribution in [0.3, 0.4) is 0 Å². The van der Waals surface area contributed by atoms with Crippen LogP contribution in [-0.2, 0) is 0 Å². The molecule has 3 rings (SSSR count). The maximum atomic E-state index is 11.4. The van der Waals surface area contributed by atoms with Crippen molar-refractivity contribution >= 4 is 27.3 Å². The number of nitrogens with two attached hydrogens (primary N) is 1. The van der Waals surface area contributed by atoms with Gasteiger partial charge < -0.3 is 10.5 Å². The molecule has 7 nitrogen and oxygen atoms in total. The van der Waals surface area contributed by atoms with E-state index < -0.39 is 5.69 Å². The lowest BCUT2D eigenvalue weighted by atomic mass is 10.3. The molecule has 0 aliphatic carbocycles. The summed E-state index contributed by atoms with van der Waals surface area (Å²) in [4.78, 5) is 11.4. The second-order valence-electron chi connectivity index (χ2n) is 3.73. The molecule has 0 spiro atoms. The van der Waals surface area contributed by atoms with Crippen LogP contribution in [0.25, 0.3) is 5.65 Å². The van der Waals surface area contributed by atoms with Crippen molar-refractivity contribution in [1.82, 2.24) is 19.8 Å². The number of hydrogen-bond acceptors (Lipinski definition) is 5. The fraction of sp³-hybridized carbons (Fsp3) is 0. The second-order valence-corrected chi connectivity index (χ2v) is 4.52. The van der Waals surface area contributed by atoms with Gasteiger partial charge in [0.1, 0.15) is 5.75 Å². The van der Waals surface area contributed by atoms with Crippen molar-refractivity contribution in [2.75, 3.05) is 5.73 Å². The Morgan fingerprint density at radius 2 is 2.16 bits per heavy atom. The van der Waals surface area contributed by atoms with Crippen LogP contribution in [0.2, 0.25) is 0 Å². The molecule has 0 aliphatic heterocycles. The molecule has 96 valence electrons. The van der Waals surface area contributed by atoms with Gasteiger partial charge in [-0.25, -0.2) is 9.89 Å². The molecule has 0 radical (unpaired) electrons. The van der Waals surface area contributed by atoms with E-state index in [1.807, 2.05) is 0 Å². The number of anilines is 1. The minimum atomic E-state index is -0.424. The molecular formula is C11H8BrN5O2. The van der Waals surface area contributed by atoms with E-state index in [1.165, 1.54) is 0 Å². The van der Waals surface area contributed by atoms with Crippen molar-refractivity contribution in [1.29, 1.82) is 0 Å². The molecular weight excluding hydrogens is 314 g/mol. The lowest BCUT2D eigenvalue weighted by Gasteiger charge is -2.07. The average Bonchev–Trinajstić information content (AvgIpc) is 2.77. The largest absolute Gasteiger partial charge is 0.436 e. The number of H-pyrrole nitrogens is 1. The predicted octanol–water partition coefficient (Wildman–Crippen LogP) is 1.55. The van der Waals surface area contributed by atoms with Crippen molar-refractivity contribution in [2.24, 2.45) is 0 Å². The Kier molecular flexibility index (Phi) is 2.71. The standard InChI is InChI=1S/C11H8BrN5O2/c12-10-6(13)2-1-3-7(10)19-9-5-4-8-14-15-11(18)17(8)16-9/h1-5H,13H2,(H,15,18). The highest BCUT2D eigenvalue weighted by atomic mass is 79.9. The monoisotopic (exact) mass is 321 g/mol. The van der Waals surface area contributed by atoms with E-state index >= 15 is 0 Å². The van der Waals surface area contributed by atoms with E-state index in [0.29, 0.717) is 21.6 Å². The number of hydrogen-bond donors (Lipinski definition) is 2. The first kappa shape index (κ1) is 11.7. The van der Waals surface area contributed by atoms with E-state index in [9.17, 15) is 4.79 Å². The molecule has 3 N–H and O–H groups in total. The summed E-state index contributed by atoms with van der Waals surface area (Å²) in [6, 6.07) is 8.49. The quantitative estimate of drug-likeness (QED) is 0.698. The van der Waals surface area contributed by atoms with Crippen molar-refractivity contribution < 1.29 is 4.74 Å². The summed E-state index contributed by atoms with van der Waals surface area (Å²) in [5.74, 6) is 0.783. The molecule has 8 heteroatoms. The molecule has 2 heterocycles. The first-order chi connectivity index (χ1) is 9.15. The molecule has 3 aromatic rings. The number of halogens is 1. The third-order valence-corrected chi connectivity index (χ3v) is 3.31. The minimum Gasteiger partial charge on any atom is -0.436 e. The van der Waals surface area contributed by atoms with Gasteiger partial charge in [-0.05, 0) is 34.1 Å². The molecule has 0 saturated heterocycles. The fourth-order valence-electron chi connectivity index (χ4n) is 1.56. The van der Waals surface area contributed by atoms with Gasteiger partial charge >= 0.3 is 5.69 Å². The number of benzene rings is 1. The lowest BCUT2D eigenvalue weighted by molar-refractivity contribution is 0.449. The molecule has 0 saturated carbocycles. The van der Waals surface area contributed by atoms with Gasteiger partial charge in [0.05, 0.1) is 4.47 Å². The number of rotatable bonds is 2. The predicted molar refractivity (Wildman–Crippen MR) is 72.2 cm³/mol. The number of nitrogens with zero attached hydrogens (tertiary/aromatic N) is 3. The fourth-order valence-corrected chi connectivity index (χ4v) is 1.91. The molecule has 0 amide bonds. The van der Waals surface area contributed by atoms with Gasteiger partial charge in [0.2, 0.25) is 5.88 Å². The molecule has 19 heavy (non-hydrogen) atoms. The van der Waals surface area contributed by atoms with Gasteiger partial charge in [0, 0.05) is 11.8 Å². The summed E-state index contributed by atoms with van der Waals surface area (Å²) in [5, 5.41) is 10.1. The smallest absolute Gasteiger partial charge is 0.364 e. The number of aromatic nitrogens is 4. The first-order valence-corrected chi connectivity index (χ1v) is 6.11. The molecule has 0 atom stereocenters. The SMILES string of the molecule is Nc1cccc(Oc2ccc3n[nH]c(=O)n3n2)c1Br. The van der Waals surface area contributed by atoms with Crippen molar-refractivity contribution in [3.8, 4) is 11.6 Å². The summed E-state index contributed by atoms with van der Waals surface area (Å²) in [6.45, 7) is 0. The van der Waals surface area contributed by atoms with Crippen LogP contribution >= 0.6 is 15.9 Å². The second kappa shape index (κ2) is 4.39. The van der Waals surface area contributed by atoms with Crippen LogP contribution in [0.1, 0.15) is 0 Å². The van der Waals surface area contributed by atoms with E-state index in [2.05, 4.69) is 31.2 Å². The zero-order chi connectivity index (χ0) is 13.4. The molecule has 0 unspecified atom stereocenters. The van der Waals surface area contributed by atoms with Crippen LogP contribution in [0, 0.1) is 0 Å². The summed E-state index contributed by atoms with van der Waals surface area (Å²) in [7, 11) is 0. The summed E-state index contributed by atoms with van der Waals surface area (Å²) in [6.07, 6.45) is 0. The maximum absolute atomic E-state index is 11.4. The van der Waals surface area contributed by atoms with Crippen LogP contribution in [0.4, 0.5) is 5.69 Å². The Balaban J connectivity index is 2.03. The molecule has 1 aromatic carbocycles. The Labute approximate surface area is 115 Å². The van der Waals surface area contributed by atoms with Gasteiger partial charge in [0.15, 0.2) is 5.65 Å². The normalized spacial score (nSPS) is 10.8. The molecule has 0 fully saturated rings. The number of nitrogens with one attached hydrogen (secondary N) is 1. The third-order valence-electron chi connectivity index (χ3n) is 2.46. The highest BCUT2D eigenvalue weighted by Crippen LogP contribution is 2.32. The lowest BCUT2D eigenvalue weighted by Crippen LogP contribution is -2.12. The van der Waals surface area contributed by atoms with E-state index in [4.69, 9.17) is 10.5 Å². The third kappa shape index (κ3) is 2.06. The maximum Gasteiger partial charge on any atom is 0.364 e. The average molecular weight is 322 g/mol. The highest BCUT2D eigenvalue weighted by molar-refractivity contribution is 9.10. The molecule has 0 aliphatic rings. The summed E-state index contributed by atoms with van der Waals surface area (Å²) in [5.41, 5.74) is 6.31. The Morgan fingerprint density at radius 1 is 1.32 bits per heavy atom. The summed E-state index contributed by atoms with van der Waals surface area (Å²) < 4.78 is 7.34. The Morgan fingerprint density at radius 3 is 3.00 bits per heavy atom. The van der Waals surface area contributed by atoms with Gasteiger partial charge in [-0.1, -0.05) is 6.07 Å². The number of ether oxygens (including phenoxy) is 1. The highest BCUT2D eigenvalue weighted by Gasteiger charge is 2.08. The number of aromatic amines is 1. The van der Waals surface area contributed by atoms with Gasteiger partial charge in [-0.15, -0.1) is 5.10 Å². The van der Waals surface area contributed by atoms with E-state index in [0.717, 1.165) is 4.52 Å². The van der Waals surface area contributed by atoms with Crippen molar-refractivity contribution in [2.45, 2.75) is 0 Å². The van der Waals surface area contributed by atoms with Crippen molar-refractivity contribution in [3.63, 3.8) is 0 Å². The number of nitrogen functional groups attached to an aromatic ring is 1. The summed E-state index contributed by atoms with van der Waals surface area (Å²) >= 11 is 3.33. The van der Waals surface area contributed by atoms with E-state index in [1.54, 1.807) is 30.3 Å². The number of fused-ring (bicyclic) bond motifs is 1. The minimum absolute atomic E-state index is 0.266. The van der Waals surface area contributed by atoms with Crippen LogP contribution < -0.4 is 16.2 Å². The van der Waals surface area contributed by atoms with Crippen LogP contribution in [0.15, 0.2) is 39.6 Å². The zero-order valence-electron chi connectivity index (χ0n) is 9.50. The van der Waals surface area contributed by atoms with E-state index in [-0.39, 0.29) is 5.88 Å². The molecule has 2 aromatic heterocycles. The molecule has 0 bridgehead atoms. The van der Waals surface area contributed by atoms with Gasteiger partial charge in [0.25, 0.3) is 0 Å².